The van der Waals surface area contributed by atoms with Crippen LogP contribution in [-0.4, -0.2) is 172 Å². The summed E-state index contributed by atoms with van der Waals surface area (Å²) in [5.41, 5.74) is 19.6. The topological polar surface area (TPSA) is 460 Å². The third kappa shape index (κ3) is 24.4. The Balaban J connectivity index is 1.16. The SMILES string of the molecule is CC(C)C[C@H](NC(=O)CNC(=O)[C@H](CCC(N)=O)NC(=O)[C@@H]1CCCN1C(=O)CCCNC(=O)c1ccc(N=Nc2ccc(N(C)C)cc2)cc1)C(=O)N[C@@H](CCC(=O)NCCNc1cccc2c(S(=O)(=O)O)cccc12)C(=O)N[C@@H](C)C(=O)N[C@@H](CCCCN)C(N)=O. The monoisotopic (exact) mass is 1320 g/mol. The smallest absolute Gasteiger partial charge is 0.295 e. The zero-order valence-corrected chi connectivity index (χ0v) is 54.4. The highest BCUT2D eigenvalue weighted by Gasteiger charge is 2.36. The van der Waals surface area contributed by atoms with Gasteiger partial charge < -0.3 is 74.9 Å². The summed E-state index contributed by atoms with van der Waals surface area (Å²) in [4.78, 5) is 149. The maximum absolute atomic E-state index is 14.2. The molecule has 4 aromatic rings. The molecule has 4 aromatic carbocycles. The van der Waals surface area contributed by atoms with Crippen LogP contribution in [-0.2, 0) is 58.1 Å². The van der Waals surface area contributed by atoms with Crippen molar-refractivity contribution in [2.45, 2.75) is 139 Å². The summed E-state index contributed by atoms with van der Waals surface area (Å²) in [5.74, 6) is -8.20. The Labute approximate surface area is 546 Å². The van der Waals surface area contributed by atoms with Crippen molar-refractivity contribution in [1.29, 1.82) is 0 Å². The van der Waals surface area contributed by atoms with E-state index < -0.39 is 106 Å². The average molecular weight is 1330 g/mol. The lowest BCUT2D eigenvalue weighted by Gasteiger charge is -2.27. The van der Waals surface area contributed by atoms with Crippen molar-refractivity contribution < 1.29 is 65.7 Å². The first-order valence-electron chi connectivity index (χ1n) is 31.1. The fourth-order valence-corrected chi connectivity index (χ4v) is 10.8. The van der Waals surface area contributed by atoms with Gasteiger partial charge in [0.25, 0.3) is 16.0 Å². The molecule has 94 heavy (non-hydrogen) atoms. The Kier molecular flexibility index (Phi) is 29.7. The number of nitrogens with one attached hydrogen (secondary N) is 9. The van der Waals surface area contributed by atoms with E-state index in [-0.39, 0.29) is 112 Å². The van der Waals surface area contributed by atoms with Gasteiger partial charge in [-0.15, -0.1) is 0 Å². The molecule has 11 amide bonds. The molecule has 6 atom stereocenters. The molecule has 510 valence electrons. The van der Waals surface area contributed by atoms with Crippen LogP contribution in [0, 0.1) is 5.92 Å². The lowest BCUT2D eigenvalue weighted by molar-refractivity contribution is -0.139. The summed E-state index contributed by atoms with van der Waals surface area (Å²) in [5, 5.41) is 33.0. The number of azo groups is 1. The van der Waals surface area contributed by atoms with E-state index in [2.05, 4.69) is 58.1 Å². The van der Waals surface area contributed by atoms with Gasteiger partial charge in [-0.05, 0) is 138 Å². The van der Waals surface area contributed by atoms with Gasteiger partial charge in [0.1, 0.15) is 41.1 Å². The van der Waals surface area contributed by atoms with Crippen molar-refractivity contribution in [2.75, 3.05) is 63.6 Å². The lowest BCUT2D eigenvalue weighted by atomic mass is 10.0. The Hall–Kier alpha value is -9.62. The van der Waals surface area contributed by atoms with E-state index in [1.807, 2.05) is 43.3 Å². The van der Waals surface area contributed by atoms with Gasteiger partial charge in [-0.3, -0.25) is 57.3 Å². The van der Waals surface area contributed by atoms with Gasteiger partial charge in [-0.2, -0.15) is 18.6 Å². The summed E-state index contributed by atoms with van der Waals surface area (Å²) >= 11 is 0. The van der Waals surface area contributed by atoms with E-state index in [0.29, 0.717) is 53.8 Å². The number of anilines is 2. The number of hydrogen-bond donors (Lipinski definition) is 13. The highest BCUT2D eigenvalue weighted by Crippen LogP contribution is 2.29. The predicted octanol–water partition coefficient (Wildman–Crippen LogP) is 1.56. The lowest BCUT2D eigenvalue weighted by Crippen LogP contribution is -2.58. The summed E-state index contributed by atoms with van der Waals surface area (Å²) in [6.07, 6.45) is 0.841. The van der Waals surface area contributed by atoms with Gasteiger partial charge in [-0.25, -0.2) is 0 Å². The zero-order valence-electron chi connectivity index (χ0n) is 53.5. The van der Waals surface area contributed by atoms with Gasteiger partial charge in [0.15, 0.2) is 0 Å². The molecule has 5 rings (SSSR count). The fraction of sp³-hybridized carbons (Fsp3) is 0.476. The molecule has 1 heterocycles. The second-order valence-corrected chi connectivity index (χ2v) is 24.7. The van der Waals surface area contributed by atoms with Gasteiger partial charge in [0.05, 0.1) is 17.9 Å². The van der Waals surface area contributed by atoms with Crippen LogP contribution >= 0.6 is 0 Å². The Morgan fingerprint density at radius 2 is 1.26 bits per heavy atom. The first-order chi connectivity index (χ1) is 44.6. The Morgan fingerprint density at radius 3 is 1.89 bits per heavy atom. The van der Waals surface area contributed by atoms with E-state index in [1.54, 1.807) is 56.3 Å². The molecule has 0 spiro atoms. The van der Waals surface area contributed by atoms with Crippen LogP contribution in [0.25, 0.3) is 10.8 Å². The van der Waals surface area contributed by atoms with Gasteiger partial charge in [-0.1, -0.05) is 38.1 Å². The average Bonchev–Trinajstić information content (AvgIpc) is 0.927. The number of carbonyl (C=O) groups excluding carboxylic acids is 11. The minimum atomic E-state index is -4.53. The molecule has 30 nitrogen and oxygen atoms in total. The Bertz CT molecular complexity index is 3460. The number of benzene rings is 4. The van der Waals surface area contributed by atoms with Crippen molar-refractivity contribution in [3.8, 4) is 0 Å². The van der Waals surface area contributed by atoms with Crippen LogP contribution in [0.1, 0.15) is 108 Å². The summed E-state index contributed by atoms with van der Waals surface area (Å²) in [7, 11) is -0.661. The van der Waals surface area contributed by atoms with Gasteiger partial charge in [0.2, 0.25) is 59.1 Å². The molecule has 1 aliphatic heterocycles. The van der Waals surface area contributed by atoms with E-state index in [0.717, 1.165) is 5.69 Å². The van der Waals surface area contributed by atoms with Crippen molar-refractivity contribution >= 4 is 109 Å². The number of fused-ring (bicyclic) bond motifs is 1. The molecular formula is C63H88N16O14S. The molecule has 1 saturated heterocycles. The van der Waals surface area contributed by atoms with Crippen molar-refractivity contribution in [3.05, 3.63) is 90.5 Å². The second kappa shape index (κ2) is 37.2. The Morgan fingerprint density at radius 1 is 0.628 bits per heavy atom. The molecule has 0 aromatic heterocycles. The van der Waals surface area contributed by atoms with Crippen LogP contribution in [0.3, 0.4) is 0 Å². The maximum Gasteiger partial charge on any atom is 0.295 e. The number of primary amides is 2. The van der Waals surface area contributed by atoms with E-state index in [4.69, 9.17) is 17.2 Å². The fourth-order valence-electron chi connectivity index (χ4n) is 10.1. The highest BCUT2D eigenvalue weighted by molar-refractivity contribution is 7.86. The quantitative estimate of drug-likeness (QED) is 0.0172. The molecule has 31 heteroatoms. The van der Waals surface area contributed by atoms with Crippen LogP contribution < -0.4 is 70.0 Å². The molecule has 0 bridgehead atoms. The number of nitrogens with zero attached hydrogens (tertiary/aromatic N) is 4. The largest absolute Gasteiger partial charge is 0.383 e. The standard InChI is InChI=1S/C63H88N16O14S/c1-38(2)36-50(62(89)74-49(61(88)71-39(3)58(85)73-47(57(66)84)14-6-7-31-64)28-30-54(81)68-34-33-67-46-15-8-13-45-44(46)12-9-17-52(45)94(91,92)93)72-55(82)37-70-60(87)48(27-29-53(65)80)75-63(90)51-16-11-35-79(51)56(83)18-10-32-69-59(86)40-19-21-41(22-20-40)76-77-42-23-25-43(26-24-42)78(4)5/h8-9,12-13,15,17,19-26,38-39,47-51,67H,6-7,10-11,14,16,18,27-37,64H2,1-5H3,(H2,65,80)(H2,66,84)(H,68,81)(H,69,86)(H,70,87)(H,71,88)(H,72,82)(H,73,85)(H,74,89)(H,75,90)(H,91,92,93)/t39-,47-,48-,49-,50-,51-/m0/s1. The molecule has 0 saturated carbocycles. The summed E-state index contributed by atoms with van der Waals surface area (Å²) in [6, 6.07) is 15.6. The van der Waals surface area contributed by atoms with Crippen molar-refractivity contribution in [2.24, 2.45) is 33.3 Å². The second-order valence-electron chi connectivity index (χ2n) is 23.3. The van der Waals surface area contributed by atoms with Crippen LogP contribution in [0.15, 0.2) is 100 Å². The third-order valence-corrected chi connectivity index (χ3v) is 16.1. The molecule has 16 N–H and O–H groups in total. The molecule has 0 radical (unpaired) electrons. The summed E-state index contributed by atoms with van der Waals surface area (Å²) < 4.78 is 33.7. The number of unbranched alkanes of at least 4 members (excludes halogenated alkanes) is 1. The van der Waals surface area contributed by atoms with E-state index in [9.17, 15) is 65.7 Å². The first-order valence-corrected chi connectivity index (χ1v) is 32.5. The number of rotatable bonds is 38. The molecule has 1 aliphatic rings. The minimum absolute atomic E-state index is 0.000990. The van der Waals surface area contributed by atoms with Crippen LogP contribution in [0.4, 0.5) is 22.7 Å². The normalized spacial score (nSPS) is 14.6. The zero-order chi connectivity index (χ0) is 69.1. The van der Waals surface area contributed by atoms with E-state index >= 15 is 0 Å². The summed E-state index contributed by atoms with van der Waals surface area (Å²) in [6.45, 7) is 4.99. The predicted molar refractivity (Wildman–Crippen MR) is 351 cm³/mol. The van der Waals surface area contributed by atoms with Gasteiger partial charge >= 0.3 is 0 Å². The highest BCUT2D eigenvalue weighted by atomic mass is 32.2. The number of amides is 11. The van der Waals surface area contributed by atoms with Crippen molar-refractivity contribution in [3.63, 3.8) is 0 Å². The number of likely N-dealkylation sites (tertiary alicyclic amines) is 1. The van der Waals surface area contributed by atoms with Crippen molar-refractivity contribution in [1.82, 2.24) is 47.4 Å². The number of hydrogen-bond acceptors (Lipinski definition) is 18. The van der Waals surface area contributed by atoms with Crippen LogP contribution in [0.2, 0.25) is 0 Å². The maximum atomic E-state index is 14.2. The first kappa shape index (κ1) is 75.1. The molecule has 0 aliphatic carbocycles. The molecule has 0 unspecified atom stereocenters. The van der Waals surface area contributed by atoms with Gasteiger partial charge in [0, 0.05) is 87.2 Å². The third-order valence-electron chi connectivity index (χ3n) is 15.2. The molecular weight excluding hydrogens is 1240 g/mol. The minimum Gasteiger partial charge on any atom is -0.383 e. The van der Waals surface area contributed by atoms with E-state index in [1.165, 1.54) is 30.0 Å². The molecule has 1 fully saturated rings. The number of nitrogens with two attached hydrogens (primary N) is 3. The number of carbonyl (C=O) groups is 11. The van der Waals surface area contributed by atoms with Crippen LogP contribution in [0.5, 0.6) is 0 Å².